The molecule has 2 rings (SSSR count). The maximum absolute atomic E-state index is 12.6. The molecule has 0 aliphatic heterocycles. The molecule has 0 saturated heterocycles. The van der Waals surface area contributed by atoms with Crippen molar-refractivity contribution >= 4 is 11.6 Å². The number of aryl methyl sites for hydroxylation is 1. The Labute approximate surface area is 139 Å². The number of amides is 1. The Morgan fingerprint density at radius 3 is 2.25 bits per heavy atom. The zero-order valence-corrected chi connectivity index (χ0v) is 14.3. The first-order valence-electron chi connectivity index (χ1n) is 7.21. The van der Waals surface area contributed by atoms with Crippen LogP contribution in [0.25, 0.3) is 0 Å². The number of nitrogens with one attached hydrogen (secondary N) is 1. The number of nitrogens with zero attached hydrogens (tertiary/aromatic N) is 1. The van der Waals surface area contributed by atoms with Gasteiger partial charge in [-0.05, 0) is 25.1 Å². The number of anilines is 1. The Morgan fingerprint density at radius 1 is 1.04 bits per heavy atom. The lowest BCUT2D eigenvalue weighted by atomic mass is 10.1. The molecule has 1 N–H and O–H groups in total. The molecule has 7 nitrogen and oxygen atoms in total. The van der Waals surface area contributed by atoms with Crippen molar-refractivity contribution in [3.63, 3.8) is 0 Å². The highest BCUT2D eigenvalue weighted by Gasteiger charge is 2.21. The van der Waals surface area contributed by atoms with Gasteiger partial charge < -0.3 is 24.1 Å². The van der Waals surface area contributed by atoms with Crippen molar-refractivity contribution in [2.45, 2.75) is 6.92 Å². The predicted octanol–water partition coefficient (Wildman–Crippen LogP) is 1.97. The maximum Gasteiger partial charge on any atom is 0.259 e. The smallest absolute Gasteiger partial charge is 0.259 e. The van der Waals surface area contributed by atoms with E-state index < -0.39 is 5.91 Å². The fourth-order valence-corrected chi connectivity index (χ4v) is 2.32. The van der Waals surface area contributed by atoms with Crippen LogP contribution in [-0.2, 0) is 7.05 Å². The first-order valence-corrected chi connectivity index (χ1v) is 7.21. The molecule has 1 amide bonds. The van der Waals surface area contributed by atoms with Crippen molar-refractivity contribution in [1.29, 1.82) is 0 Å². The van der Waals surface area contributed by atoms with Gasteiger partial charge in [0, 0.05) is 24.5 Å². The molecular weight excluding hydrogens is 312 g/mol. The van der Waals surface area contributed by atoms with Crippen LogP contribution in [0.2, 0.25) is 0 Å². The summed E-state index contributed by atoms with van der Waals surface area (Å²) in [5, 5.41) is 2.70. The molecule has 128 valence electrons. The highest BCUT2D eigenvalue weighted by atomic mass is 16.5. The van der Waals surface area contributed by atoms with E-state index >= 15 is 0 Å². The molecule has 1 aromatic carbocycles. The molecule has 0 unspecified atom stereocenters. The average Bonchev–Trinajstić information content (AvgIpc) is 2.57. The summed E-state index contributed by atoms with van der Waals surface area (Å²) in [5.74, 6) is 0.624. The van der Waals surface area contributed by atoms with Crippen LogP contribution in [0.15, 0.2) is 29.1 Å². The second-order valence-corrected chi connectivity index (χ2v) is 5.12. The Kier molecular flexibility index (Phi) is 5.13. The first kappa shape index (κ1) is 17.4. The second kappa shape index (κ2) is 7.08. The topological polar surface area (TPSA) is 78.8 Å². The minimum atomic E-state index is -0.416. The molecule has 0 fully saturated rings. The average molecular weight is 332 g/mol. The Morgan fingerprint density at radius 2 is 1.71 bits per heavy atom. The molecule has 0 spiro atoms. The van der Waals surface area contributed by atoms with E-state index in [2.05, 4.69) is 5.32 Å². The van der Waals surface area contributed by atoms with Crippen molar-refractivity contribution in [2.75, 3.05) is 26.6 Å². The van der Waals surface area contributed by atoms with Gasteiger partial charge in [0.2, 0.25) is 5.75 Å². The number of ether oxygens (including phenoxy) is 3. The van der Waals surface area contributed by atoms with Crippen molar-refractivity contribution in [3.05, 3.63) is 45.9 Å². The van der Waals surface area contributed by atoms with Crippen LogP contribution >= 0.6 is 0 Å². The van der Waals surface area contributed by atoms with Gasteiger partial charge in [0.15, 0.2) is 11.5 Å². The minimum absolute atomic E-state index is 0.204. The third kappa shape index (κ3) is 3.19. The van der Waals surface area contributed by atoms with E-state index in [-0.39, 0.29) is 16.9 Å². The molecule has 0 atom stereocenters. The molecule has 2 aromatic rings. The van der Waals surface area contributed by atoms with Gasteiger partial charge in [0.05, 0.1) is 26.9 Å². The van der Waals surface area contributed by atoms with E-state index in [4.69, 9.17) is 14.2 Å². The van der Waals surface area contributed by atoms with Gasteiger partial charge in [-0.2, -0.15) is 0 Å². The normalized spacial score (nSPS) is 10.2. The van der Waals surface area contributed by atoms with E-state index in [1.807, 2.05) is 0 Å². The molecule has 1 heterocycles. The second-order valence-electron chi connectivity index (χ2n) is 5.12. The Hall–Kier alpha value is -2.96. The number of aromatic nitrogens is 1. The fourth-order valence-electron chi connectivity index (χ4n) is 2.32. The molecule has 0 bridgehead atoms. The summed E-state index contributed by atoms with van der Waals surface area (Å²) in [6.07, 6.45) is 0. The summed E-state index contributed by atoms with van der Waals surface area (Å²) >= 11 is 0. The van der Waals surface area contributed by atoms with E-state index in [9.17, 15) is 9.59 Å². The standard InChI is InChI=1S/C17H20N2O5/c1-10-8-11(9-14(20)19(10)2)18-17(21)12-6-7-13(22-3)16(24-5)15(12)23-4/h6-9H,1-5H3,(H,18,21). The van der Waals surface area contributed by atoms with Crippen LogP contribution in [0.3, 0.4) is 0 Å². The van der Waals surface area contributed by atoms with Gasteiger partial charge in [0.1, 0.15) is 0 Å². The minimum Gasteiger partial charge on any atom is -0.493 e. The SMILES string of the molecule is COc1ccc(C(=O)Nc2cc(C)n(C)c(=O)c2)c(OC)c1OC. The zero-order valence-electron chi connectivity index (χ0n) is 14.3. The quantitative estimate of drug-likeness (QED) is 0.906. The van der Waals surface area contributed by atoms with Crippen LogP contribution < -0.4 is 25.1 Å². The number of carbonyl (C=O) groups is 1. The van der Waals surface area contributed by atoms with Crippen LogP contribution in [-0.4, -0.2) is 31.8 Å². The molecule has 0 aliphatic rings. The highest BCUT2D eigenvalue weighted by Crippen LogP contribution is 2.39. The molecule has 1 aromatic heterocycles. The number of methoxy groups -OCH3 is 3. The first-order chi connectivity index (χ1) is 11.4. The fraction of sp³-hybridized carbons (Fsp3) is 0.294. The lowest BCUT2D eigenvalue weighted by molar-refractivity contribution is 0.102. The highest BCUT2D eigenvalue weighted by molar-refractivity contribution is 6.07. The van der Waals surface area contributed by atoms with Crippen LogP contribution in [0, 0.1) is 6.92 Å². The zero-order chi connectivity index (χ0) is 17.9. The van der Waals surface area contributed by atoms with Crippen LogP contribution in [0.5, 0.6) is 17.2 Å². The van der Waals surface area contributed by atoms with Gasteiger partial charge in [-0.3, -0.25) is 9.59 Å². The molecule has 24 heavy (non-hydrogen) atoms. The van der Waals surface area contributed by atoms with E-state index in [1.165, 1.54) is 32.0 Å². The van der Waals surface area contributed by atoms with Crippen molar-refractivity contribution in [2.24, 2.45) is 7.05 Å². The van der Waals surface area contributed by atoms with Gasteiger partial charge in [-0.25, -0.2) is 0 Å². The summed E-state index contributed by atoms with van der Waals surface area (Å²) in [5.41, 5.74) is 1.22. The molecule has 7 heteroatoms. The van der Waals surface area contributed by atoms with E-state index in [1.54, 1.807) is 32.2 Å². The number of benzene rings is 1. The molecular formula is C17H20N2O5. The van der Waals surface area contributed by atoms with Gasteiger partial charge in [-0.15, -0.1) is 0 Å². The lowest BCUT2D eigenvalue weighted by Gasteiger charge is -2.15. The predicted molar refractivity (Wildman–Crippen MR) is 90.5 cm³/mol. The van der Waals surface area contributed by atoms with E-state index in [0.717, 1.165) is 5.69 Å². The Balaban J connectivity index is 2.42. The Bertz CT molecular complexity index is 826. The summed E-state index contributed by atoms with van der Waals surface area (Å²) in [7, 11) is 6.07. The van der Waals surface area contributed by atoms with Crippen LogP contribution in [0.1, 0.15) is 16.1 Å². The monoisotopic (exact) mass is 332 g/mol. The molecule has 0 radical (unpaired) electrons. The summed E-state index contributed by atoms with van der Waals surface area (Å²) in [4.78, 5) is 24.4. The van der Waals surface area contributed by atoms with Gasteiger partial charge in [-0.1, -0.05) is 0 Å². The van der Waals surface area contributed by atoms with Gasteiger partial charge in [0.25, 0.3) is 11.5 Å². The van der Waals surface area contributed by atoms with Crippen molar-refractivity contribution in [1.82, 2.24) is 4.57 Å². The van der Waals surface area contributed by atoms with Gasteiger partial charge >= 0.3 is 0 Å². The van der Waals surface area contributed by atoms with Crippen molar-refractivity contribution < 1.29 is 19.0 Å². The lowest BCUT2D eigenvalue weighted by Crippen LogP contribution is -2.21. The number of pyridine rings is 1. The molecule has 0 aliphatic carbocycles. The van der Waals surface area contributed by atoms with Crippen molar-refractivity contribution in [3.8, 4) is 17.2 Å². The third-order valence-electron chi connectivity index (χ3n) is 3.71. The number of hydrogen-bond acceptors (Lipinski definition) is 5. The number of hydrogen-bond donors (Lipinski definition) is 1. The molecule has 0 saturated carbocycles. The van der Waals surface area contributed by atoms with Crippen LogP contribution in [0.4, 0.5) is 5.69 Å². The summed E-state index contributed by atoms with van der Waals surface area (Å²) in [6, 6.07) is 6.26. The summed E-state index contributed by atoms with van der Waals surface area (Å²) < 4.78 is 17.3. The maximum atomic E-state index is 12.6. The largest absolute Gasteiger partial charge is 0.493 e. The number of rotatable bonds is 5. The summed E-state index contributed by atoms with van der Waals surface area (Å²) in [6.45, 7) is 1.79. The van der Waals surface area contributed by atoms with E-state index in [0.29, 0.717) is 17.2 Å². The third-order valence-corrected chi connectivity index (χ3v) is 3.71. The number of carbonyl (C=O) groups excluding carboxylic acids is 1.